The lowest BCUT2D eigenvalue weighted by Crippen LogP contribution is -2.55. The van der Waals surface area contributed by atoms with E-state index in [2.05, 4.69) is 0 Å². The molecule has 108 valence electrons. The second kappa shape index (κ2) is 6.88. The highest BCUT2D eigenvalue weighted by Gasteiger charge is 2.45. The third-order valence-electron chi connectivity index (χ3n) is 2.84. The molecule has 0 aliphatic heterocycles. The van der Waals surface area contributed by atoms with E-state index < -0.39 is 18.3 Å². The van der Waals surface area contributed by atoms with Gasteiger partial charge in [0.25, 0.3) is 0 Å². The van der Waals surface area contributed by atoms with E-state index in [0.717, 1.165) is 5.56 Å². The Morgan fingerprint density at radius 1 is 1.26 bits per heavy atom. The number of benzene rings is 1. The van der Waals surface area contributed by atoms with E-state index in [4.69, 9.17) is 10.8 Å². The standard InChI is InChI=1S/C13H19F3N2O/c1-10(17)12(13(14,15)16)18(7-8-19)9-11-5-3-2-4-6-11/h2-6,10,12,19H,7-9,17H2,1H3. The Morgan fingerprint density at radius 3 is 2.26 bits per heavy atom. The number of aliphatic hydroxyl groups excluding tert-OH is 1. The number of nitrogens with two attached hydrogens (primary N) is 1. The van der Waals surface area contributed by atoms with Gasteiger partial charge in [0.2, 0.25) is 0 Å². The average Bonchev–Trinajstić information content (AvgIpc) is 2.28. The van der Waals surface area contributed by atoms with Crippen molar-refractivity contribution in [3.05, 3.63) is 35.9 Å². The molecule has 0 saturated carbocycles. The third-order valence-corrected chi connectivity index (χ3v) is 2.84. The summed E-state index contributed by atoms with van der Waals surface area (Å²) in [6.45, 7) is 1.02. The lowest BCUT2D eigenvalue weighted by molar-refractivity contribution is -0.190. The molecule has 0 saturated heterocycles. The van der Waals surface area contributed by atoms with Gasteiger partial charge in [0, 0.05) is 19.1 Å². The predicted molar refractivity (Wildman–Crippen MR) is 67.4 cm³/mol. The second-order valence-electron chi connectivity index (χ2n) is 4.53. The molecule has 0 spiro atoms. The number of aliphatic hydroxyl groups is 1. The van der Waals surface area contributed by atoms with E-state index in [9.17, 15) is 13.2 Å². The minimum atomic E-state index is -4.42. The molecule has 0 fully saturated rings. The Labute approximate surface area is 110 Å². The van der Waals surface area contributed by atoms with Crippen LogP contribution in [0.4, 0.5) is 13.2 Å². The van der Waals surface area contributed by atoms with Crippen molar-refractivity contribution in [1.29, 1.82) is 0 Å². The zero-order valence-electron chi connectivity index (χ0n) is 10.8. The van der Waals surface area contributed by atoms with Gasteiger partial charge in [-0.1, -0.05) is 30.3 Å². The van der Waals surface area contributed by atoms with Crippen LogP contribution in [0.5, 0.6) is 0 Å². The fourth-order valence-corrected chi connectivity index (χ4v) is 2.10. The van der Waals surface area contributed by atoms with Gasteiger partial charge in [-0.3, -0.25) is 4.90 Å². The number of hydrogen-bond acceptors (Lipinski definition) is 3. The summed E-state index contributed by atoms with van der Waals surface area (Å²) in [7, 11) is 0. The molecule has 0 aromatic heterocycles. The molecule has 2 atom stereocenters. The lowest BCUT2D eigenvalue weighted by Gasteiger charge is -2.35. The molecule has 0 bridgehead atoms. The highest BCUT2D eigenvalue weighted by molar-refractivity contribution is 5.14. The van der Waals surface area contributed by atoms with E-state index in [1.54, 1.807) is 30.3 Å². The molecule has 3 N–H and O–H groups in total. The number of hydrogen-bond donors (Lipinski definition) is 2. The van der Waals surface area contributed by atoms with E-state index in [0.29, 0.717) is 0 Å². The van der Waals surface area contributed by atoms with Gasteiger partial charge in [-0.2, -0.15) is 13.2 Å². The van der Waals surface area contributed by atoms with E-state index in [-0.39, 0.29) is 19.7 Å². The maximum Gasteiger partial charge on any atom is 0.405 e. The molecule has 1 aromatic rings. The molecule has 0 aliphatic rings. The van der Waals surface area contributed by atoms with E-state index in [1.807, 2.05) is 0 Å². The molecule has 0 heterocycles. The van der Waals surface area contributed by atoms with Gasteiger partial charge in [0.05, 0.1) is 6.61 Å². The van der Waals surface area contributed by atoms with Crippen molar-refractivity contribution >= 4 is 0 Å². The van der Waals surface area contributed by atoms with Crippen LogP contribution in [-0.4, -0.2) is 41.4 Å². The SMILES string of the molecule is CC(N)C(N(CCO)Cc1ccccc1)C(F)(F)F. The number of rotatable bonds is 6. The zero-order chi connectivity index (χ0) is 14.5. The smallest absolute Gasteiger partial charge is 0.395 e. The fraction of sp³-hybridized carbons (Fsp3) is 0.538. The molecule has 1 aromatic carbocycles. The second-order valence-corrected chi connectivity index (χ2v) is 4.53. The van der Waals surface area contributed by atoms with Crippen LogP contribution in [0.1, 0.15) is 12.5 Å². The molecule has 3 nitrogen and oxygen atoms in total. The summed E-state index contributed by atoms with van der Waals surface area (Å²) in [5, 5.41) is 8.96. The molecular weight excluding hydrogens is 257 g/mol. The van der Waals surface area contributed by atoms with Gasteiger partial charge < -0.3 is 10.8 Å². The van der Waals surface area contributed by atoms with Crippen molar-refractivity contribution in [3.63, 3.8) is 0 Å². The fourth-order valence-electron chi connectivity index (χ4n) is 2.10. The highest BCUT2D eigenvalue weighted by atomic mass is 19.4. The molecule has 0 amide bonds. The molecule has 19 heavy (non-hydrogen) atoms. The van der Waals surface area contributed by atoms with Crippen LogP contribution in [0.25, 0.3) is 0 Å². The van der Waals surface area contributed by atoms with Crippen LogP contribution >= 0.6 is 0 Å². The Bertz CT molecular complexity index is 368. The summed E-state index contributed by atoms with van der Waals surface area (Å²) in [4.78, 5) is 1.17. The van der Waals surface area contributed by atoms with Crippen LogP contribution in [0.15, 0.2) is 30.3 Å². The van der Waals surface area contributed by atoms with Gasteiger partial charge in [-0.15, -0.1) is 0 Å². The van der Waals surface area contributed by atoms with Crippen LogP contribution < -0.4 is 5.73 Å². The van der Waals surface area contributed by atoms with Gasteiger partial charge in [-0.05, 0) is 12.5 Å². The number of halogens is 3. The Hall–Kier alpha value is -1.11. The maximum absolute atomic E-state index is 13.0. The summed E-state index contributed by atoms with van der Waals surface area (Å²) < 4.78 is 39.1. The third kappa shape index (κ3) is 4.81. The van der Waals surface area contributed by atoms with Crippen LogP contribution in [0.3, 0.4) is 0 Å². The summed E-state index contributed by atoms with van der Waals surface area (Å²) >= 11 is 0. The number of alkyl halides is 3. The Morgan fingerprint density at radius 2 is 1.84 bits per heavy atom. The van der Waals surface area contributed by atoms with Crippen molar-refractivity contribution in [2.75, 3.05) is 13.2 Å². The number of nitrogens with zero attached hydrogens (tertiary/aromatic N) is 1. The van der Waals surface area contributed by atoms with Crippen molar-refractivity contribution in [2.45, 2.75) is 31.7 Å². The molecule has 6 heteroatoms. The van der Waals surface area contributed by atoms with Gasteiger partial charge in [-0.25, -0.2) is 0 Å². The normalized spacial score (nSPS) is 15.5. The van der Waals surface area contributed by atoms with Crippen molar-refractivity contribution in [2.24, 2.45) is 5.73 Å². The van der Waals surface area contributed by atoms with Gasteiger partial charge in [0.15, 0.2) is 0 Å². The quantitative estimate of drug-likeness (QED) is 0.832. The molecule has 0 aliphatic carbocycles. The first-order valence-electron chi connectivity index (χ1n) is 6.07. The van der Waals surface area contributed by atoms with Crippen LogP contribution in [-0.2, 0) is 6.54 Å². The predicted octanol–water partition coefficient (Wildman–Crippen LogP) is 1.76. The van der Waals surface area contributed by atoms with E-state index in [1.165, 1.54) is 11.8 Å². The summed E-state index contributed by atoms with van der Waals surface area (Å²) in [5.74, 6) is 0. The summed E-state index contributed by atoms with van der Waals surface area (Å²) in [6, 6.07) is 6.00. The van der Waals surface area contributed by atoms with Gasteiger partial charge >= 0.3 is 6.18 Å². The van der Waals surface area contributed by atoms with Crippen molar-refractivity contribution in [3.8, 4) is 0 Å². The summed E-state index contributed by atoms with van der Waals surface area (Å²) in [6.07, 6.45) is -4.42. The Kier molecular flexibility index (Phi) is 5.78. The van der Waals surface area contributed by atoms with Crippen molar-refractivity contribution in [1.82, 2.24) is 4.90 Å². The largest absolute Gasteiger partial charge is 0.405 e. The summed E-state index contributed by atoms with van der Waals surface area (Å²) in [5.41, 5.74) is 6.22. The Balaban J connectivity index is 2.91. The van der Waals surface area contributed by atoms with Crippen molar-refractivity contribution < 1.29 is 18.3 Å². The zero-order valence-corrected chi connectivity index (χ0v) is 10.8. The minimum Gasteiger partial charge on any atom is -0.395 e. The average molecular weight is 276 g/mol. The first kappa shape index (κ1) is 15.9. The van der Waals surface area contributed by atoms with Crippen LogP contribution in [0.2, 0.25) is 0 Å². The molecule has 2 unspecified atom stereocenters. The maximum atomic E-state index is 13.0. The van der Waals surface area contributed by atoms with Gasteiger partial charge in [0.1, 0.15) is 6.04 Å². The topological polar surface area (TPSA) is 49.5 Å². The van der Waals surface area contributed by atoms with E-state index >= 15 is 0 Å². The molecule has 1 rings (SSSR count). The first-order chi connectivity index (χ1) is 8.86. The minimum absolute atomic E-state index is 0.0688. The monoisotopic (exact) mass is 276 g/mol. The molecule has 0 radical (unpaired) electrons. The first-order valence-corrected chi connectivity index (χ1v) is 6.07. The highest BCUT2D eigenvalue weighted by Crippen LogP contribution is 2.27. The van der Waals surface area contributed by atoms with Crippen LogP contribution in [0, 0.1) is 0 Å². The molecular formula is C13H19F3N2O. The lowest BCUT2D eigenvalue weighted by atomic mass is 10.1.